The minimum Gasteiger partial charge on any atom is -0.399 e. The maximum Gasteiger partial charge on any atom is 0.146 e. The predicted octanol–water partition coefficient (Wildman–Crippen LogP) is 4.09. The molecule has 0 spiro atoms. The maximum atomic E-state index is 13.9. The molecular formula is C15H16ClFN2. The zero-order valence-corrected chi connectivity index (χ0v) is 11.5. The van der Waals surface area contributed by atoms with E-state index in [9.17, 15) is 4.39 Å². The van der Waals surface area contributed by atoms with Gasteiger partial charge in [-0.3, -0.25) is 0 Å². The number of nitrogens with two attached hydrogens (primary N) is 1. The summed E-state index contributed by atoms with van der Waals surface area (Å²) in [6.07, 6.45) is 0. The Labute approximate surface area is 117 Å². The SMILES string of the molecule is CCN(Cc1cccc(Cl)c1F)c1cccc(N)c1. The molecule has 4 heteroatoms. The summed E-state index contributed by atoms with van der Waals surface area (Å²) in [5, 5.41) is 0.154. The third-order valence-electron chi connectivity index (χ3n) is 3.01. The van der Waals surface area contributed by atoms with Crippen molar-refractivity contribution in [2.75, 3.05) is 17.2 Å². The van der Waals surface area contributed by atoms with Gasteiger partial charge in [-0.1, -0.05) is 29.8 Å². The summed E-state index contributed by atoms with van der Waals surface area (Å²) in [4.78, 5) is 2.05. The van der Waals surface area contributed by atoms with E-state index in [2.05, 4.69) is 0 Å². The predicted molar refractivity (Wildman–Crippen MR) is 79.0 cm³/mol. The second-order valence-corrected chi connectivity index (χ2v) is 4.73. The van der Waals surface area contributed by atoms with E-state index < -0.39 is 0 Å². The fourth-order valence-corrected chi connectivity index (χ4v) is 2.18. The lowest BCUT2D eigenvalue weighted by molar-refractivity contribution is 0.606. The molecular weight excluding hydrogens is 263 g/mol. The highest BCUT2D eigenvalue weighted by atomic mass is 35.5. The standard InChI is InChI=1S/C15H16ClFN2/c1-2-19(13-7-4-6-12(18)9-13)10-11-5-3-8-14(16)15(11)17/h3-9H,2,10,18H2,1H3. The molecule has 0 radical (unpaired) electrons. The quantitative estimate of drug-likeness (QED) is 0.854. The maximum absolute atomic E-state index is 13.9. The topological polar surface area (TPSA) is 29.3 Å². The molecule has 0 atom stereocenters. The van der Waals surface area contributed by atoms with Gasteiger partial charge in [0.05, 0.1) is 5.02 Å². The van der Waals surface area contributed by atoms with Gasteiger partial charge in [0.1, 0.15) is 5.82 Å². The molecule has 0 saturated carbocycles. The lowest BCUT2D eigenvalue weighted by Gasteiger charge is -2.24. The first kappa shape index (κ1) is 13.7. The molecule has 0 aromatic heterocycles. The highest BCUT2D eigenvalue weighted by Crippen LogP contribution is 2.23. The molecule has 2 rings (SSSR count). The number of nitrogen functional groups attached to an aromatic ring is 1. The highest BCUT2D eigenvalue weighted by Gasteiger charge is 2.11. The lowest BCUT2D eigenvalue weighted by atomic mass is 10.1. The van der Waals surface area contributed by atoms with Gasteiger partial charge in [0.2, 0.25) is 0 Å². The number of rotatable bonds is 4. The van der Waals surface area contributed by atoms with E-state index in [1.807, 2.05) is 36.1 Å². The third-order valence-corrected chi connectivity index (χ3v) is 3.30. The Morgan fingerprint density at radius 2 is 1.95 bits per heavy atom. The van der Waals surface area contributed by atoms with Gasteiger partial charge in [-0.2, -0.15) is 0 Å². The van der Waals surface area contributed by atoms with E-state index in [0.29, 0.717) is 17.8 Å². The number of halogens is 2. The van der Waals surface area contributed by atoms with Crippen molar-refractivity contribution in [1.82, 2.24) is 0 Å². The molecule has 2 nitrogen and oxygen atoms in total. The first-order valence-corrected chi connectivity index (χ1v) is 6.53. The van der Waals surface area contributed by atoms with Crippen LogP contribution < -0.4 is 10.6 Å². The van der Waals surface area contributed by atoms with E-state index in [0.717, 1.165) is 12.2 Å². The summed E-state index contributed by atoms with van der Waals surface area (Å²) in [6, 6.07) is 12.6. The molecule has 100 valence electrons. The van der Waals surface area contributed by atoms with E-state index in [1.165, 1.54) is 0 Å². The lowest BCUT2D eigenvalue weighted by Crippen LogP contribution is -2.22. The van der Waals surface area contributed by atoms with Gasteiger partial charge in [-0.05, 0) is 31.2 Å². The fourth-order valence-electron chi connectivity index (χ4n) is 1.98. The third kappa shape index (κ3) is 3.18. The summed E-state index contributed by atoms with van der Waals surface area (Å²) >= 11 is 5.80. The van der Waals surface area contributed by atoms with Crippen LogP contribution in [0.1, 0.15) is 12.5 Å². The number of anilines is 2. The van der Waals surface area contributed by atoms with Gasteiger partial charge in [0.25, 0.3) is 0 Å². The van der Waals surface area contributed by atoms with Crippen LogP contribution in [0.3, 0.4) is 0 Å². The van der Waals surface area contributed by atoms with E-state index in [1.54, 1.807) is 18.2 Å². The number of benzene rings is 2. The Kier molecular flexibility index (Phi) is 4.27. The average molecular weight is 279 g/mol. The Bertz CT molecular complexity index is 572. The molecule has 0 aliphatic heterocycles. The van der Waals surface area contributed by atoms with Gasteiger partial charge in [-0.15, -0.1) is 0 Å². The monoisotopic (exact) mass is 278 g/mol. The molecule has 0 unspecified atom stereocenters. The van der Waals surface area contributed by atoms with Crippen molar-refractivity contribution >= 4 is 23.0 Å². The minimum atomic E-state index is -0.355. The van der Waals surface area contributed by atoms with Crippen molar-refractivity contribution in [3.05, 3.63) is 58.9 Å². The zero-order valence-electron chi connectivity index (χ0n) is 10.7. The molecule has 0 aliphatic carbocycles. The van der Waals surface area contributed by atoms with Crippen LogP contribution >= 0.6 is 11.6 Å². The number of nitrogens with zero attached hydrogens (tertiary/aromatic N) is 1. The summed E-state index contributed by atoms with van der Waals surface area (Å²) < 4.78 is 13.9. The Hall–Kier alpha value is -1.74. The van der Waals surface area contributed by atoms with Crippen LogP contribution in [-0.4, -0.2) is 6.54 Å². The van der Waals surface area contributed by atoms with Gasteiger partial charge in [0, 0.05) is 30.0 Å². The van der Waals surface area contributed by atoms with Crippen molar-refractivity contribution in [3.8, 4) is 0 Å². The average Bonchev–Trinajstić information content (AvgIpc) is 2.40. The summed E-state index contributed by atoms with van der Waals surface area (Å²) in [5.41, 5.74) is 8.03. The van der Waals surface area contributed by atoms with E-state index >= 15 is 0 Å². The number of hydrogen-bond donors (Lipinski definition) is 1. The normalized spacial score (nSPS) is 10.5. The second-order valence-electron chi connectivity index (χ2n) is 4.32. The van der Waals surface area contributed by atoms with Crippen LogP contribution in [0.5, 0.6) is 0 Å². The molecule has 0 saturated heterocycles. The number of hydrogen-bond acceptors (Lipinski definition) is 2. The van der Waals surface area contributed by atoms with Crippen LogP contribution in [0, 0.1) is 5.82 Å². The van der Waals surface area contributed by atoms with Crippen LogP contribution in [0.2, 0.25) is 5.02 Å². The fraction of sp³-hybridized carbons (Fsp3) is 0.200. The smallest absolute Gasteiger partial charge is 0.146 e. The first-order chi connectivity index (χ1) is 9.11. The van der Waals surface area contributed by atoms with Gasteiger partial charge >= 0.3 is 0 Å². The molecule has 2 aromatic rings. The molecule has 2 aromatic carbocycles. The van der Waals surface area contributed by atoms with Crippen molar-refractivity contribution < 1.29 is 4.39 Å². The molecule has 0 fully saturated rings. The molecule has 0 bridgehead atoms. The summed E-state index contributed by atoms with van der Waals surface area (Å²) in [5.74, 6) is -0.355. The summed E-state index contributed by atoms with van der Waals surface area (Å²) in [7, 11) is 0. The largest absolute Gasteiger partial charge is 0.399 e. The molecule has 0 heterocycles. The van der Waals surface area contributed by atoms with Crippen LogP contribution in [-0.2, 0) is 6.54 Å². The molecule has 2 N–H and O–H groups in total. The van der Waals surface area contributed by atoms with Crippen molar-refractivity contribution in [2.45, 2.75) is 13.5 Å². The van der Waals surface area contributed by atoms with Crippen LogP contribution in [0.15, 0.2) is 42.5 Å². The van der Waals surface area contributed by atoms with Crippen LogP contribution in [0.25, 0.3) is 0 Å². The van der Waals surface area contributed by atoms with E-state index in [-0.39, 0.29) is 10.8 Å². The summed E-state index contributed by atoms with van der Waals surface area (Å²) in [6.45, 7) is 3.24. The second kappa shape index (κ2) is 5.93. The Morgan fingerprint density at radius 3 is 2.63 bits per heavy atom. The molecule has 0 amide bonds. The van der Waals surface area contributed by atoms with Gasteiger partial charge in [0.15, 0.2) is 0 Å². The Balaban J connectivity index is 2.26. The van der Waals surface area contributed by atoms with Gasteiger partial charge in [-0.25, -0.2) is 4.39 Å². The van der Waals surface area contributed by atoms with E-state index in [4.69, 9.17) is 17.3 Å². The van der Waals surface area contributed by atoms with Crippen molar-refractivity contribution in [3.63, 3.8) is 0 Å². The minimum absolute atomic E-state index is 0.154. The molecule has 19 heavy (non-hydrogen) atoms. The highest BCUT2D eigenvalue weighted by molar-refractivity contribution is 6.30. The Morgan fingerprint density at radius 1 is 1.21 bits per heavy atom. The van der Waals surface area contributed by atoms with Crippen molar-refractivity contribution in [2.24, 2.45) is 0 Å². The zero-order chi connectivity index (χ0) is 13.8. The van der Waals surface area contributed by atoms with Gasteiger partial charge < -0.3 is 10.6 Å². The first-order valence-electron chi connectivity index (χ1n) is 6.15. The van der Waals surface area contributed by atoms with Crippen molar-refractivity contribution in [1.29, 1.82) is 0 Å². The van der Waals surface area contributed by atoms with Crippen LogP contribution in [0.4, 0.5) is 15.8 Å². The molecule has 0 aliphatic rings.